The molecule has 1 aliphatic rings. The number of anilines is 1. The molecule has 1 N–H and O–H groups in total. The normalized spacial score (nSPS) is 15.5. The van der Waals surface area contributed by atoms with Crippen molar-refractivity contribution in [3.63, 3.8) is 0 Å². The maximum absolute atomic E-state index is 13.2. The van der Waals surface area contributed by atoms with E-state index in [0.717, 1.165) is 10.9 Å². The first kappa shape index (κ1) is 20.1. The van der Waals surface area contributed by atoms with E-state index in [-0.39, 0.29) is 10.7 Å². The number of halogens is 1. The molecule has 2 heterocycles. The molecule has 0 saturated carbocycles. The molecule has 3 aromatic carbocycles. The number of nitrogens with one attached hydrogen (secondary N) is 1. The number of fused-ring (bicyclic) bond motifs is 1. The Balaban J connectivity index is 1.56. The zero-order chi connectivity index (χ0) is 22.2. The van der Waals surface area contributed by atoms with Gasteiger partial charge in [-0.25, -0.2) is 0 Å². The van der Waals surface area contributed by atoms with Crippen molar-refractivity contribution in [3.05, 3.63) is 89.0 Å². The second-order valence-corrected chi connectivity index (χ2v) is 7.91. The number of thiocarbonyl (C=S) groups is 1. The van der Waals surface area contributed by atoms with Crippen molar-refractivity contribution in [1.29, 1.82) is 0 Å². The number of rotatable bonds is 3. The van der Waals surface area contributed by atoms with E-state index in [2.05, 4.69) is 10.5 Å². The topological polar surface area (TPSA) is 75.4 Å². The maximum Gasteiger partial charge on any atom is 0.270 e. The van der Waals surface area contributed by atoms with Crippen LogP contribution in [0.3, 0.4) is 0 Å². The molecule has 1 fully saturated rings. The maximum atomic E-state index is 13.2. The van der Waals surface area contributed by atoms with E-state index in [9.17, 15) is 9.59 Å². The standard InChI is InChI=1S/C24H14ClN3O3S/c25-16-7-9-17(10-8-16)28-23(30)19(22(29)26-24(28)32)13-14-6-11-20-18(12-14)21(31-27-20)15-4-2-1-3-5-15/h1-13H,(H,26,29,32)/b19-13+. The third kappa shape index (κ3) is 3.57. The van der Waals surface area contributed by atoms with E-state index >= 15 is 0 Å². The smallest absolute Gasteiger partial charge is 0.270 e. The summed E-state index contributed by atoms with van der Waals surface area (Å²) in [7, 11) is 0. The van der Waals surface area contributed by atoms with Crippen LogP contribution in [-0.2, 0) is 9.59 Å². The molecule has 0 aliphatic carbocycles. The molecule has 1 saturated heterocycles. The fourth-order valence-electron chi connectivity index (χ4n) is 3.50. The average molecular weight is 460 g/mol. The van der Waals surface area contributed by atoms with Crippen LogP contribution in [0.1, 0.15) is 5.56 Å². The Morgan fingerprint density at radius 3 is 2.50 bits per heavy atom. The predicted molar refractivity (Wildman–Crippen MR) is 127 cm³/mol. The van der Waals surface area contributed by atoms with Crippen LogP contribution < -0.4 is 10.2 Å². The van der Waals surface area contributed by atoms with Crippen LogP contribution in [0.5, 0.6) is 0 Å². The lowest BCUT2D eigenvalue weighted by atomic mass is 10.0. The Labute approximate surface area is 193 Å². The van der Waals surface area contributed by atoms with Crippen LogP contribution in [0.25, 0.3) is 28.3 Å². The van der Waals surface area contributed by atoms with Crippen LogP contribution in [0.4, 0.5) is 5.69 Å². The second kappa shape index (κ2) is 8.03. The van der Waals surface area contributed by atoms with Gasteiger partial charge in [0, 0.05) is 10.6 Å². The summed E-state index contributed by atoms with van der Waals surface area (Å²) in [6, 6.07) is 21.6. The molecule has 5 rings (SSSR count). The van der Waals surface area contributed by atoms with E-state index in [1.807, 2.05) is 36.4 Å². The molecular formula is C24H14ClN3O3S. The summed E-state index contributed by atoms with van der Waals surface area (Å²) >= 11 is 11.2. The number of hydrogen-bond donors (Lipinski definition) is 1. The quantitative estimate of drug-likeness (QED) is 0.265. The van der Waals surface area contributed by atoms with Gasteiger partial charge in [-0.2, -0.15) is 0 Å². The van der Waals surface area contributed by atoms with Gasteiger partial charge in [-0.3, -0.25) is 19.8 Å². The lowest BCUT2D eigenvalue weighted by Crippen LogP contribution is -2.54. The number of hydrogen-bond acceptors (Lipinski definition) is 5. The molecule has 0 bridgehead atoms. The van der Waals surface area contributed by atoms with Gasteiger partial charge >= 0.3 is 0 Å². The SMILES string of the molecule is O=C1NC(=S)N(c2ccc(Cl)cc2)C(=O)/C1=C/c1ccc2noc(-c3ccccc3)c2c1. The summed E-state index contributed by atoms with van der Waals surface area (Å²) in [5, 5.41) is 8.00. The molecule has 2 amide bonds. The highest BCUT2D eigenvalue weighted by Gasteiger charge is 2.34. The highest BCUT2D eigenvalue weighted by molar-refractivity contribution is 7.80. The van der Waals surface area contributed by atoms with Crippen LogP contribution in [0, 0.1) is 0 Å². The molecule has 0 spiro atoms. The fraction of sp³-hybridized carbons (Fsp3) is 0. The van der Waals surface area contributed by atoms with Crippen molar-refractivity contribution >= 4 is 63.4 Å². The third-order valence-corrected chi connectivity index (χ3v) is 5.57. The lowest BCUT2D eigenvalue weighted by molar-refractivity contribution is -0.122. The first-order valence-corrected chi connectivity index (χ1v) is 10.4. The number of aromatic nitrogens is 1. The minimum atomic E-state index is -0.557. The third-order valence-electron chi connectivity index (χ3n) is 5.03. The molecule has 32 heavy (non-hydrogen) atoms. The van der Waals surface area contributed by atoms with Crippen LogP contribution in [0.15, 0.2) is 82.9 Å². The zero-order valence-corrected chi connectivity index (χ0v) is 18.0. The van der Waals surface area contributed by atoms with Gasteiger partial charge in [-0.05, 0) is 60.3 Å². The Morgan fingerprint density at radius 2 is 1.75 bits per heavy atom. The van der Waals surface area contributed by atoms with Gasteiger partial charge in [0.2, 0.25) is 0 Å². The summed E-state index contributed by atoms with van der Waals surface area (Å²) in [6.07, 6.45) is 1.53. The summed E-state index contributed by atoms with van der Waals surface area (Å²) in [5.74, 6) is -0.460. The first-order valence-electron chi connectivity index (χ1n) is 9.63. The van der Waals surface area contributed by atoms with Crippen molar-refractivity contribution in [2.45, 2.75) is 0 Å². The van der Waals surface area contributed by atoms with Crippen molar-refractivity contribution in [2.75, 3.05) is 4.90 Å². The zero-order valence-electron chi connectivity index (χ0n) is 16.4. The Morgan fingerprint density at radius 1 is 1.00 bits per heavy atom. The molecule has 8 heteroatoms. The lowest BCUT2D eigenvalue weighted by Gasteiger charge is -2.28. The minimum Gasteiger partial charge on any atom is -0.355 e. The minimum absolute atomic E-state index is 0.0142. The summed E-state index contributed by atoms with van der Waals surface area (Å²) in [6.45, 7) is 0. The summed E-state index contributed by atoms with van der Waals surface area (Å²) in [4.78, 5) is 27.0. The molecule has 0 atom stereocenters. The van der Waals surface area contributed by atoms with Gasteiger partial charge in [0.15, 0.2) is 10.9 Å². The molecule has 156 valence electrons. The van der Waals surface area contributed by atoms with Crippen molar-refractivity contribution < 1.29 is 14.1 Å². The predicted octanol–water partition coefficient (Wildman–Crippen LogP) is 4.98. The number of carbonyl (C=O) groups excluding carboxylic acids is 2. The van der Waals surface area contributed by atoms with Crippen LogP contribution in [-0.4, -0.2) is 22.1 Å². The Kier molecular flexibility index (Phi) is 5.05. The summed E-state index contributed by atoms with van der Waals surface area (Å²) < 4.78 is 5.53. The number of carbonyl (C=O) groups is 2. The average Bonchev–Trinajstić information content (AvgIpc) is 3.22. The van der Waals surface area contributed by atoms with Gasteiger partial charge in [0.25, 0.3) is 11.8 Å². The fourth-order valence-corrected chi connectivity index (χ4v) is 3.90. The van der Waals surface area contributed by atoms with Crippen molar-refractivity contribution in [1.82, 2.24) is 10.5 Å². The molecule has 0 unspecified atom stereocenters. The largest absolute Gasteiger partial charge is 0.355 e. The Bertz CT molecular complexity index is 1410. The van der Waals surface area contributed by atoms with Gasteiger partial charge in [-0.1, -0.05) is 53.2 Å². The van der Waals surface area contributed by atoms with Crippen molar-refractivity contribution in [2.24, 2.45) is 0 Å². The highest BCUT2D eigenvalue weighted by Crippen LogP contribution is 2.30. The number of nitrogens with zero attached hydrogens (tertiary/aromatic N) is 2. The number of benzene rings is 3. The first-order chi connectivity index (χ1) is 15.5. The monoisotopic (exact) mass is 459 g/mol. The van der Waals surface area contributed by atoms with E-state index in [1.54, 1.807) is 36.4 Å². The van der Waals surface area contributed by atoms with E-state index in [4.69, 9.17) is 28.3 Å². The van der Waals surface area contributed by atoms with E-state index in [0.29, 0.717) is 27.6 Å². The number of amides is 2. The van der Waals surface area contributed by atoms with Gasteiger partial charge in [0.05, 0.1) is 11.1 Å². The van der Waals surface area contributed by atoms with Crippen LogP contribution >= 0.6 is 23.8 Å². The van der Waals surface area contributed by atoms with Crippen molar-refractivity contribution in [3.8, 4) is 11.3 Å². The molecule has 6 nitrogen and oxygen atoms in total. The summed E-state index contributed by atoms with van der Waals surface area (Å²) in [5.41, 5.74) is 2.68. The molecule has 1 aromatic heterocycles. The molecular weight excluding hydrogens is 446 g/mol. The second-order valence-electron chi connectivity index (χ2n) is 7.09. The molecule has 0 radical (unpaired) electrons. The van der Waals surface area contributed by atoms with Gasteiger partial charge in [-0.15, -0.1) is 0 Å². The Hall–Kier alpha value is -3.81. The van der Waals surface area contributed by atoms with Gasteiger partial charge < -0.3 is 4.52 Å². The highest BCUT2D eigenvalue weighted by atomic mass is 35.5. The molecule has 4 aromatic rings. The van der Waals surface area contributed by atoms with Gasteiger partial charge in [0.1, 0.15) is 11.1 Å². The van der Waals surface area contributed by atoms with E-state index in [1.165, 1.54) is 11.0 Å². The van der Waals surface area contributed by atoms with Crippen LogP contribution in [0.2, 0.25) is 5.02 Å². The van der Waals surface area contributed by atoms with E-state index < -0.39 is 11.8 Å². The molecule has 1 aliphatic heterocycles.